The van der Waals surface area contributed by atoms with Crippen LogP contribution in [0.15, 0.2) is 24.3 Å². The second kappa shape index (κ2) is 8.34. The highest BCUT2D eigenvalue weighted by Gasteiger charge is 2.10. The van der Waals surface area contributed by atoms with Crippen LogP contribution in [0.4, 0.5) is 0 Å². The first-order valence-electron chi connectivity index (χ1n) is 7.74. The molecule has 1 rings (SSSR count). The minimum atomic E-state index is 0.752. The summed E-state index contributed by atoms with van der Waals surface area (Å²) in [5, 5.41) is 0. The Labute approximate surface area is 114 Å². The molecule has 0 fully saturated rings. The molecule has 0 heterocycles. The van der Waals surface area contributed by atoms with Gasteiger partial charge in [-0.25, -0.2) is 0 Å². The Hall–Kier alpha value is -0.780. The minimum absolute atomic E-state index is 0.752. The number of rotatable bonds is 8. The molecule has 102 valence electrons. The molecule has 0 spiro atoms. The van der Waals surface area contributed by atoms with E-state index < -0.39 is 0 Å². The van der Waals surface area contributed by atoms with Gasteiger partial charge in [-0.2, -0.15) is 0 Å². The lowest BCUT2D eigenvalue weighted by molar-refractivity contribution is 0.447. The van der Waals surface area contributed by atoms with Crippen LogP contribution in [0.25, 0.3) is 0 Å². The predicted molar refractivity (Wildman–Crippen MR) is 82.0 cm³/mol. The van der Waals surface area contributed by atoms with Crippen molar-refractivity contribution in [2.75, 3.05) is 0 Å². The van der Waals surface area contributed by atoms with Gasteiger partial charge in [0.25, 0.3) is 0 Å². The Bertz CT molecular complexity index is 325. The van der Waals surface area contributed by atoms with Gasteiger partial charge in [0.1, 0.15) is 0 Å². The molecule has 0 aliphatic heterocycles. The van der Waals surface area contributed by atoms with E-state index in [0.29, 0.717) is 0 Å². The summed E-state index contributed by atoms with van der Waals surface area (Å²) in [6.45, 7) is 9.25. The van der Waals surface area contributed by atoms with Gasteiger partial charge in [-0.15, -0.1) is 0 Å². The van der Waals surface area contributed by atoms with Crippen molar-refractivity contribution in [3.8, 4) is 0 Å². The predicted octanol–water partition coefficient (Wildman–Crippen LogP) is 5.64. The molecule has 0 aromatic heterocycles. The van der Waals surface area contributed by atoms with E-state index in [-0.39, 0.29) is 0 Å². The molecule has 0 heteroatoms. The average molecular weight is 246 g/mol. The van der Waals surface area contributed by atoms with E-state index in [1.165, 1.54) is 38.5 Å². The van der Waals surface area contributed by atoms with E-state index in [1.54, 1.807) is 11.1 Å². The number of hydrogen-bond donors (Lipinski definition) is 0. The highest BCUT2D eigenvalue weighted by molar-refractivity contribution is 5.28. The van der Waals surface area contributed by atoms with Crippen LogP contribution in [0.5, 0.6) is 0 Å². The van der Waals surface area contributed by atoms with Crippen LogP contribution in [0.2, 0.25) is 0 Å². The SMILES string of the molecule is CCCCC(CC)Cc1ccccc1CC(C)C. The van der Waals surface area contributed by atoms with Crippen LogP contribution < -0.4 is 0 Å². The van der Waals surface area contributed by atoms with Crippen molar-refractivity contribution < 1.29 is 0 Å². The fourth-order valence-corrected chi connectivity index (χ4v) is 2.65. The van der Waals surface area contributed by atoms with Gasteiger partial charge in [0.2, 0.25) is 0 Å². The van der Waals surface area contributed by atoms with Crippen molar-refractivity contribution in [3.05, 3.63) is 35.4 Å². The molecule has 1 aromatic carbocycles. The average Bonchev–Trinajstić information content (AvgIpc) is 2.35. The van der Waals surface area contributed by atoms with Gasteiger partial charge in [0.05, 0.1) is 0 Å². The second-order valence-electron chi connectivity index (χ2n) is 5.99. The molecule has 0 amide bonds. The molecule has 0 saturated heterocycles. The first-order valence-corrected chi connectivity index (χ1v) is 7.74. The molecule has 0 bridgehead atoms. The Morgan fingerprint density at radius 3 is 2.06 bits per heavy atom. The zero-order valence-corrected chi connectivity index (χ0v) is 12.7. The van der Waals surface area contributed by atoms with Crippen LogP contribution in [0.3, 0.4) is 0 Å². The van der Waals surface area contributed by atoms with Crippen molar-refractivity contribution in [1.82, 2.24) is 0 Å². The molecule has 0 radical (unpaired) electrons. The molecule has 1 atom stereocenters. The molecular weight excluding hydrogens is 216 g/mol. The zero-order valence-electron chi connectivity index (χ0n) is 12.7. The maximum absolute atomic E-state index is 2.34. The molecule has 1 unspecified atom stereocenters. The molecule has 0 nitrogen and oxygen atoms in total. The zero-order chi connectivity index (χ0) is 13.4. The van der Waals surface area contributed by atoms with Gasteiger partial charge < -0.3 is 0 Å². The highest BCUT2D eigenvalue weighted by atomic mass is 14.2. The Morgan fingerprint density at radius 1 is 0.944 bits per heavy atom. The van der Waals surface area contributed by atoms with Crippen LogP contribution in [-0.4, -0.2) is 0 Å². The minimum Gasteiger partial charge on any atom is -0.0654 e. The van der Waals surface area contributed by atoms with Crippen LogP contribution in [-0.2, 0) is 12.8 Å². The van der Waals surface area contributed by atoms with Gasteiger partial charge in [0, 0.05) is 0 Å². The van der Waals surface area contributed by atoms with Gasteiger partial charge in [0.15, 0.2) is 0 Å². The smallest absolute Gasteiger partial charge is 0.0248 e. The van der Waals surface area contributed by atoms with E-state index in [1.807, 2.05) is 0 Å². The third-order valence-electron chi connectivity index (χ3n) is 3.80. The summed E-state index contributed by atoms with van der Waals surface area (Å²) in [5.41, 5.74) is 3.16. The highest BCUT2D eigenvalue weighted by Crippen LogP contribution is 2.22. The molecule has 1 aromatic rings. The van der Waals surface area contributed by atoms with Crippen LogP contribution in [0.1, 0.15) is 64.5 Å². The number of hydrogen-bond acceptors (Lipinski definition) is 0. The van der Waals surface area contributed by atoms with E-state index >= 15 is 0 Å². The van der Waals surface area contributed by atoms with Crippen LogP contribution >= 0.6 is 0 Å². The third-order valence-corrected chi connectivity index (χ3v) is 3.80. The van der Waals surface area contributed by atoms with Crippen molar-refractivity contribution in [2.24, 2.45) is 11.8 Å². The van der Waals surface area contributed by atoms with Crippen LogP contribution in [0, 0.1) is 11.8 Å². The van der Waals surface area contributed by atoms with E-state index in [0.717, 1.165) is 11.8 Å². The normalized spacial score (nSPS) is 12.9. The second-order valence-corrected chi connectivity index (χ2v) is 5.99. The summed E-state index contributed by atoms with van der Waals surface area (Å²) >= 11 is 0. The molecule has 0 aliphatic rings. The Kier molecular flexibility index (Phi) is 7.08. The molecule has 0 aliphatic carbocycles. The number of benzene rings is 1. The standard InChI is InChI=1S/C18H30/c1-5-7-10-16(6-2)14-18-12-9-8-11-17(18)13-15(3)4/h8-9,11-12,15-16H,5-7,10,13-14H2,1-4H3. The fourth-order valence-electron chi connectivity index (χ4n) is 2.65. The summed E-state index contributed by atoms with van der Waals surface area (Å²) in [6, 6.07) is 9.05. The summed E-state index contributed by atoms with van der Waals surface area (Å²) in [6.07, 6.45) is 7.91. The summed E-state index contributed by atoms with van der Waals surface area (Å²) in [5.74, 6) is 1.63. The van der Waals surface area contributed by atoms with E-state index in [2.05, 4.69) is 52.0 Å². The van der Waals surface area contributed by atoms with Crippen molar-refractivity contribution in [1.29, 1.82) is 0 Å². The fraction of sp³-hybridized carbons (Fsp3) is 0.667. The summed E-state index contributed by atoms with van der Waals surface area (Å²) in [4.78, 5) is 0. The summed E-state index contributed by atoms with van der Waals surface area (Å²) in [7, 11) is 0. The lowest BCUT2D eigenvalue weighted by atomic mass is 9.88. The Morgan fingerprint density at radius 2 is 1.56 bits per heavy atom. The van der Waals surface area contributed by atoms with E-state index in [9.17, 15) is 0 Å². The quantitative estimate of drug-likeness (QED) is 0.556. The third kappa shape index (κ3) is 5.25. The van der Waals surface area contributed by atoms with Crippen molar-refractivity contribution >= 4 is 0 Å². The molecule has 0 N–H and O–H groups in total. The lowest BCUT2D eigenvalue weighted by Crippen LogP contribution is -2.07. The maximum Gasteiger partial charge on any atom is -0.0248 e. The summed E-state index contributed by atoms with van der Waals surface area (Å²) < 4.78 is 0. The first-order chi connectivity index (χ1) is 8.67. The van der Waals surface area contributed by atoms with Crippen molar-refractivity contribution in [3.63, 3.8) is 0 Å². The molecule has 0 saturated carbocycles. The molecular formula is C18H30. The molecule has 18 heavy (non-hydrogen) atoms. The monoisotopic (exact) mass is 246 g/mol. The van der Waals surface area contributed by atoms with Gasteiger partial charge in [-0.1, -0.05) is 77.6 Å². The Balaban J connectivity index is 2.69. The lowest BCUT2D eigenvalue weighted by Gasteiger charge is -2.18. The van der Waals surface area contributed by atoms with Gasteiger partial charge in [-0.3, -0.25) is 0 Å². The maximum atomic E-state index is 2.34. The van der Waals surface area contributed by atoms with E-state index in [4.69, 9.17) is 0 Å². The van der Waals surface area contributed by atoms with Crippen molar-refractivity contribution in [2.45, 2.75) is 66.2 Å². The number of unbranched alkanes of at least 4 members (excludes halogenated alkanes) is 1. The largest absolute Gasteiger partial charge is 0.0654 e. The van der Waals surface area contributed by atoms with Gasteiger partial charge in [-0.05, 0) is 35.8 Å². The first kappa shape index (κ1) is 15.3. The van der Waals surface area contributed by atoms with Gasteiger partial charge >= 0.3 is 0 Å². The topological polar surface area (TPSA) is 0 Å².